The number of nitrogens with two attached hydrogens (primary N) is 1. The van der Waals surface area contributed by atoms with Crippen molar-refractivity contribution in [1.82, 2.24) is 5.32 Å². The second-order valence-electron chi connectivity index (χ2n) is 2.87. The van der Waals surface area contributed by atoms with Crippen LogP contribution >= 0.6 is 0 Å². The van der Waals surface area contributed by atoms with Crippen LogP contribution in [0.4, 0.5) is 13.6 Å². The van der Waals surface area contributed by atoms with Crippen LogP contribution in [-0.2, 0) is 0 Å². The maximum Gasteiger partial charge on any atom is 0.319 e. The average molecular weight is 214 g/mol. The van der Waals surface area contributed by atoms with E-state index in [9.17, 15) is 18.4 Å². The Labute approximate surface area is 84.1 Å². The van der Waals surface area contributed by atoms with E-state index in [1.54, 1.807) is 5.32 Å². The van der Waals surface area contributed by atoms with Crippen molar-refractivity contribution in [2.75, 3.05) is 0 Å². The minimum absolute atomic E-state index is 0.103. The molecule has 0 spiro atoms. The van der Waals surface area contributed by atoms with Gasteiger partial charge in [-0.05, 0) is 18.6 Å². The average Bonchev–Trinajstić information content (AvgIpc) is 2.11. The lowest BCUT2D eigenvalue weighted by atomic mass is 10.1. The number of hydrogen-bond acceptors (Lipinski definition) is 2. The van der Waals surface area contributed by atoms with Gasteiger partial charge in [-0.3, -0.25) is 10.1 Å². The molecule has 0 bridgehead atoms. The Bertz CT molecular complexity index is 432. The number of halogens is 2. The number of primary amides is 1. The Morgan fingerprint density at radius 2 is 1.93 bits per heavy atom. The van der Waals surface area contributed by atoms with Crippen LogP contribution in [0.2, 0.25) is 0 Å². The molecule has 4 nitrogen and oxygen atoms in total. The summed E-state index contributed by atoms with van der Waals surface area (Å²) in [6.45, 7) is 1.37. The van der Waals surface area contributed by atoms with Gasteiger partial charge in [-0.1, -0.05) is 6.07 Å². The highest BCUT2D eigenvalue weighted by atomic mass is 19.1. The number of amides is 3. The van der Waals surface area contributed by atoms with E-state index in [4.69, 9.17) is 0 Å². The lowest BCUT2D eigenvalue weighted by Crippen LogP contribution is -2.36. The zero-order valence-electron chi connectivity index (χ0n) is 7.80. The molecule has 0 atom stereocenters. The molecule has 3 amide bonds. The summed E-state index contributed by atoms with van der Waals surface area (Å²) in [6, 6.07) is 0.959. The molecule has 0 aliphatic rings. The molecule has 3 N–H and O–H groups in total. The van der Waals surface area contributed by atoms with Gasteiger partial charge in [0.25, 0.3) is 5.91 Å². The molecule has 0 radical (unpaired) electrons. The summed E-state index contributed by atoms with van der Waals surface area (Å²) in [4.78, 5) is 21.5. The molecule has 0 aromatic heterocycles. The molecule has 0 unspecified atom stereocenters. The topological polar surface area (TPSA) is 72.2 Å². The lowest BCUT2D eigenvalue weighted by Gasteiger charge is -2.05. The highest BCUT2D eigenvalue weighted by molar-refractivity contribution is 6.04. The predicted octanol–water partition coefficient (Wildman–Crippen LogP) is 1.08. The third-order valence-corrected chi connectivity index (χ3v) is 1.75. The highest BCUT2D eigenvalue weighted by Crippen LogP contribution is 2.15. The van der Waals surface area contributed by atoms with E-state index in [1.165, 1.54) is 13.0 Å². The minimum Gasteiger partial charge on any atom is -0.351 e. The van der Waals surface area contributed by atoms with E-state index in [-0.39, 0.29) is 5.56 Å². The fourth-order valence-electron chi connectivity index (χ4n) is 1.04. The Hall–Kier alpha value is -1.98. The first-order valence-electron chi connectivity index (χ1n) is 3.99. The van der Waals surface area contributed by atoms with Crippen LogP contribution in [0, 0.1) is 18.6 Å². The van der Waals surface area contributed by atoms with Crippen molar-refractivity contribution in [3.63, 3.8) is 0 Å². The van der Waals surface area contributed by atoms with E-state index < -0.39 is 29.1 Å². The van der Waals surface area contributed by atoms with E-state index in [0.717, 1.165) is 6.07 Å². The quantitative estimate of drug-likeness (QED) is 0.734. The first-order chi connectivity index (χ1) is 6.93. The SMILES string of the molecule is Cc1ccc(F)c(C(=O)NC(N)=O)c1F. The van der Waals surface area contributed by atoms with Gasteiger partial charge in [0.05, 0.1) is 0 Å². The van der Waals surface area contributed by atoms with Crippen molar-refractivity contribution in [2.24, 2.45) is 5.73 Å². The van der Waals surface area contributed by atoms with Crippen LogP contribution < -0.4 is 11.1 Å². The summed E-state index contributed by atoms with van der Waals surface area (Å²) in [5, 5.41) is 1.59. The summed E-state index contributed by atoms with van der Waals surface area (Å²) >= 11 is 0. The second kappa shape index (κ2) is 4.04. The summed E-state index contributed by atoms with van der Waals surface area (Å²) in [5.41, 5.74) is 3.94. The van der Waals surface area contributed by atoms with Crippen molar-refractivity contribution in [3.05, 3.63) is 34.9 Å². The van der Waals surface area contributed by atoms with Gasteiger partial charge >= 0.3 is 6.03 Å². The largest absolute Gasteiger partial charge is 0.351 e. The maximum absolute atomic E-state index is 13.3. The fraction of sp³-hybridized carbons (Fsp3) is 0.111. The normalized spacial score (nSPS) is 9.80. The van der Waals surface area contributed by atoms with E-state index in [2.05, 4.69) is 5.73 Å². The van der Waals surface area contributed by atoms with Gasteiger partial charge in [-0.15, -0.1) is 0 Å². The maximum atomic E-state index is 13.3. The number of nitrogens with one attached hydrogen (secondary N) is 1. The number of imide groups is 1. The molecule has 0 heterocycles. The molecular formula is C9H8F2N2O2. The van der Waals surface area contributed by atoms with Gasteiger partial charge in [-0.2, -0.15) is 0 Å². The van der Waals surface area contributed by atoms with Crippen LogP contribution in [-0.4, -0.2) is 11.9 Å². The number of hydrogen-bond donors (Lipinski definition) is 2. The molecule has 1 rings (SSSR count). The number of urea groups is 1. The summed E-state index contributed by atoms with van der Waals surface area (Å²) in [6.07, 6.45) is 0. The summed E-state index contributed by atoms with van der Waals surface area (Å²) < 4.78 is 26.4. The zero-order chi connectivity index (χ0) is 11.6. The van der Waals surface area contributed by atoms with Gasteiger partial charge in [0.1, 0.15) is 17.2 Å². The lowest BCUT2D eigenvalue weighted by molar-refractivity contribution is 0.0958. The molecule has 80 valence electrons. The minimum atomic E-state index is -1.19. The van der Waals surface area contributed by atoms with E-state index in [1.807, 2.05) is 0 Å². The Morgan fingerprint density at radius 3 is 2.47 bits per heavy atom. The number of benzene rings is 1. The van der Waals surface area contributed by atoms with Crippen molar-refractivity contribution >= 4 is 11.9 Å². The number of carbonyl (C=O) groups is 2. The van der Waals surface area contributed by atoms with Crippen LogP contribution in [0.1, 0.15) is 15.9 Å². The molecular weight excluding hydrogens is 206 g/mol. The fourth-order valence-corrected chi connectivity index (χ4v) is 1.04. The summed E-state index contributed by atoms with van der Waals surface area (Å²) in [5.74, 6) is -3.24. The summed E-state index contributed by atoms with van der Waals surface area (Å²) in [7, 11) is 0. The smallest absolute Gasteiger partial charge is 0.319 e. The molecule has 1 aromatic rings. The van der Waals surface area contributed by atoms with Crippen LogP contribution in [0.5, 0.6) is 0 Å². The first-order valence-corrected chi connectivity index (χ1v) is 3.99. The van der Waals surface area contributed by atoms with Gasteiger partial charge in [0.15, 0.2) is 0 Å². The van der Waals surface area contributed by atoms with Crippen molar-refractivity contribution in [1.29, 1.82) is 0 Å². The molecule has 0 aliphatic carbocycles. The molecule has 0 aliphatic heterocycles. The van der Waals surface area contributed by atoms with E-state index in [0.29, 0.717) is 0 Å². The van der Waals surface area contributed by atoms with Gasteiger partial charge in [0.2, 0.25) is 0 Å². The van der Waals surface area contributed by atoms with Gasteiger partial charge in [0, 0.05) is 0 Å². The van der Waals surface area contributed by atoms with Gasteiger partial charge in [-0.25, -0.2) is 13.6 Å². The molecule has 0 fully saturated rings. The first kappa shape index (κ1) is 11.1. The van der Waals surface area contributed by atoms with Gasteiger partial charge < -0.3 is 5.73 Å². The van der Waals surface area contributed by atoms with Crippen molar-refractivity contribution in [2.45, 2.75) is 6.92 Å². The number of aryl methyl sites for hydroxylation is 1. The Balaban J connectivity index is 3.18. The number of rotatable bonds is 1. The van der Waals surface area contributed by atoms with Crippen LogP contribution in [0.25, 0.3) is 0 Å². The third-order valence-electron chi connectivity index (χ3n) is 1.75. The molecule has 1 aromatic carbocycles. The monoisotopic (exact) mass is 214 g/mol. The standard InChI is InChI=1S/C9H8F2N2O2/c1-4-2-3-5(10)6(7(4)11)8(14)13-9(12)15/h2-3H,1H3,(H3,12,13,14,15). The predicted molar refractivity (Wildman–Crippen MR) is 48.1 cm³/mol. The molecule has 0 saturated heterocycles. The number of carbonyl (C=O) groups excluding carboxylic acids is 2. The third kappa shape index (κ3) is 2.28. The molecule has 6 heteroatoms. The Morgan fingerprint density at radius 1 is 1.33 bits per heavy atom. The highest BCUT2D eigenvalue weighted by Gasteiger charge is 2.19. The Kier molecular flexibility index (Phi) is 2.99. The van der Waals surface area contributed by atoms with Crippen molar-refractivity contribution < 1.29 is 18.4 Å². The van der Waals surface area contributed by atoms with Crippen molar-refractivity contribution in [3.8, 4) is 0 Å². The second-order valence-corrected chi connectivity index (χ2v) is 2.87. The van der Waals surface area contributed by atoms with E-state index >= 15 is 0 Å². The molecule has 0 saturated carbocycles. The van der Waals surface area contributed by atoms with Crippen LogP contribution in [0.15, 0.2) is 12.1 Å². The zero-order valence-corrected chi connectivity index (χ0v) is 7.80. The molecule has 15 heavy (non-hydrogen) atoms. The van der Waals surface area contributed by atoms with Crippen LogP contribution in [0.3, 0.4) is 0 Å².